The lowest BCUT2D eigenvalue weighted by molar-refractivity contribution is -0.00288. The molecule has 5 heteroatoms. The highest BCUT2D eigenvalue weighted by Crippen LogP contribution is 2.28. The molecule has 2 unspecified atom stereocenters. The number of piperazine rings is 3. The molecule has 4 rings (SSSR count). The Morgan fingerprint density at radius 1 is 1.24 bits per heavy atom. The number of hydrogen-bond acceptors (Lipinski definition) is 3. The summed E-state index contributed by atoms with van der Waals surface area (Å²) in [5, 5.41) is 5.02. The summed E-state index contributed by atoms with van der Waals surface area (Å²) in [5.74, 6) is 0. The van der Waals surface area contributed by atoms with Crippen LogP contribution in [-0.2, 0) is 6.42 Å². The number of nitrogens with zero attached hydrogens (tertiary/aromatic N) is 2. The van der Waals surface area contributed by atoms with Crippen LogP contribution in [0.4, 0.5) is 0 Å². The molecule has 0 radical (unpaired) electrons. The molecule has 0 amide bonds. The second-order valence-corrected chi connectivity index (χ2v) is 6.77. The normalized spacial score (nSPS) is 29.6. The third-order valence-electron chi connectivity index (χ3n) is 4.72. The Morgan fingerprint density at radius 3 is 2.62 bits per heavy atom. The van der Waals surface area contributed by atoms with Crippen LogP contribution in [0.3, 0.4) is 0 Å². The highest BCUT2D eigenvalue weighted by Gasteiger charge is 2.36. The molecule has 0 saturated carbocycles. The zero-order chi connectivity index (χ0) is 14.8. The minimum Gasteiger partial charge on any atom is -0.312 e. The summed E-state index contributed by atoms with van der Waals surface area (Å²) < 4.78 is 0. The summed E-state index contributed by atoms with van der Waals surface area (Å²) in [6, 6.07) is 6.93. The highest BCUT2D eigenvalue weighted by atomic mass is 35.5. The maximum Gasteiger partial charge on any atom is 0.0624 e. The number of rotatable bonds is 5. The Balaban J connectivity index is 1.77. The average Bonchev–Trinajstić information content (AvgIpc) is 2.52. The van der Waals surface area contributed by atoms with Crippen LogP contribution in [-0.4, -0.2) is 61.2 Å². The van der Waals surface area contributed by atoms with E-state index in [0.717, 1.165) is 25.1 Å². The van der Waals surface area contributed by atoms with Crippen molar-refractivity contribution in [3.8, 4) is 0 Å². The molecule has 0 aliphatic carbocycles. The summed E-state index contributed by atoms with van der Waals surface area (Å²) in [4.78, 5) is 5.21. The molecule has 0 spiro atoms. The summed E-state index contributed by atoms with van der Waals surface area (Å²) in [7, 11) is 0. The van der Waals surface area contributed by atoms with Crippen LogP contribution in [0, 0.1) is 0 Å². The van der Waals surface area contributed by atoms with Crippen molar-refractivity contribution >= 4 is 23.2 Å². The molecule has 2 atom stereocenters. The van der Waals surface area contributed by atoms with Crippen molar-refractivity contribution < 1.29 is 0 Å². The van der Waals surface area contributed by atoms with E-state index in [0.29, 0.717) is 22.1 Å². The first-order valence-corrected chi connectivity index (χ1v) is 8.57. The Bertz CT molecular complexity index is 486. The first-order chi connectivity index (χ1) is 10.2. The van der Waals surface area contributed by atoms with Crippen molar-refractivity contribution in [1.29, 1.82) is 0 Å². The van der Waals surface area contributed by atoms with Gasteiger partial charge in [0.25, 0.3) is 0 Å². The monoisotopic (exact) mass is 327 g/mol. The first kappa shape index (κ1) is 15.6. The minimum atomic E-state index is 0.425. The second-order valence-electron chi connectivity index (χ2n) is 5.99. The number of likely N-dealkylation sites (N-methyl/N-ethyl adjacent to an activating group) is 1. The molecular weight excluding hydrogens is 305 g/mol. The van der Waals surface area contributed by atoms with E-state index in [1.54, 1.807) is 0 Å². The number of hydrogen-bond donors (Lipinski definition) is 1. The fourth-order valence-corrected chi connectivity index (χ4v) is 3.99. The molecule has 3 heterocycles. The van der Waals surface area contributed by atoms with Gasteiger partial charge >= 0.3 is 0 Å². The topological polar surface area (TPSA) is 18.5 Å². The molecule has 1 N–H and O–H groups in total. The van der Waals surface area contributed by atoms with Crippen molar-refractivity contribution in [2.75, 3.05) is 39.3 Å². The van der Waals surface area contributed by atoms with E-state index in [4.69, 9.17) is 23.2 Å². The molecule has 3 nitrogen and oxygen atoms in total. The predicted molar refractivity (Wildman–Crippen MR) is 89.4 cm³/mol. The summed E-state index contributed by atoms with van der Waals surface area (Å²) in [6.45, 7) is 9.12. The smallest absolute Gasteiger partial charge is 0.0624 e. The Hall–Kier alpha value is -0.320. The summed E-state index contributed by atoms with van der Waals surface area (Å²) in [5.41, 5.74) is 1.15. The van der Waals surface area contributed by atoms with Gasteiger partial charge < -0.3 is 5.32 Å². The fourth-order valence-electron chi connectivity index (χ4n) is 3.59. The van der Waals surface area contributed by atoms with Crippen molar-refractivity contribution in [3.63, 3.8) is 0 Å². The zero-order valence-corrected chi connectivity index (χ0v) is 14.0. The van der Waals surface area contributed by atoms with Crippen molar-refractivity contribution in [3.05, 3.63) is 33.8 Å². The molecule has 3 aliphatic rings. The number of benzene rings is 1. The van der Waals surface area contributed by atoms with Gasteiger partial charge in [-0.25, -0.2) is 0 Å². The van der Waals surface area contributed by atoms with Gasteiger partial charge in [-0.2, -0.15) is 0 Å². The molecule has 1 aromatic rings. The van der Waals surface area contributed by atoms with E-state index in [1.165, 1.54) is 26.2 Å². The van der Waals surface area contributed by atoms with Gasteiger partial charge in [0.05, 0.1) is 10.0 Å². The lowest BCUT2D eigenvalue weighted by Crippen LogP contribution is -2.66. The first-order valence-electron chi connectivity index (χ1n) is 7.81. The molecular formula is C16H23Cl2N3. The largest absolute Gasteiger partial charge is 0.312 e. The van der Waals surface area contributed by atoms with Crippen molar-refractivity contribution in [2.24, 2.45) is 0 Å². The second kappa shape index (κ2) is 6.84. The van der Waals surface area contributed by atoms with Crippen LogP contribution in [0.25, 0.3) is 0 Å². The lowest BCUT2D eigenvalue weighted by Gasteiger charge is -2.50. The van der Waals surface area contributed by atoms with Crippen LogP contribution in [0.1, 0.15) is 12.5 Å². The number of fused-ring (bicyclic) bond motifs is 3. The van der Waals surface area contributed by atoms with Gasteiger partial charge in [-0.3, -0.25) is 9.80 Å². The molecule has 116 valence electrons. The van der Waals surface area contributed by atoms with Gasteiger partial charge in [0, 0.05) is 44.8 Å². The Labute approximate surface area is 137 Å². The van der Waals surface area contributed by atoms with Gasteiger partial charge in [0.2, 0.25) is 0 Å². The molecule has 21 heavy (non-hydrogen) atoms. The molecule has 1 aromatic carbocycles. The summed E-state index contributed by atoms with van der Waals surface area (Å²) in [6.07, 6.45) is 0.933. The molecule has 0 aromatic heterocycles. The van der Waals surface area contributed by atoms with Gasteiger partial charge in [0.15, 0.2) is 0 Å². The van der Waals surface area contributed by atoms with E-state index in [2.05, 4.69) is 28.1 Å². The van der Waals surface area contributed by atoms with Crippen LogP contribution < -0.4 is 5.32 Å². The third kappa shape index (κ3) is 3.38. The minimum absolute atomic E-state index is 0.425. The fraction of sp³-hybridized carbons (Fsp3) is 0.625. The third-order valence-corrected chi connectivity index (χ3v) is 5.58. The Morgan fingerprint density at radius 2 is 2.00 bits per heavy atom. The standard InChI is InChI=1S/C16H23Cl2N3/c1-2-19-14(10-12-4-3-5-13(17)16(12)18)15-11-20-6-8-21(15)9-7-20/h3-5,14-15,19H,2,6-11H2,1H3. The van der Waals surface area contributed by atoms with E-state index < -0.39 is 0 Å². The quantitative estimate of drug-likeness (QED) is 0.896. The van der Waals surface area contributed by atoms with E-state index in [1.807, 2.05) is 12.1 Å². The van der Waals surface area contributed by atoms with Gasteiger partial charge in [-0.15, -0.1) is 0 Å². The predicted octanol–water partition coefficient (Wildman–Crippen LogP) is 2.51. The molecule has 3 saturated heterocycles. The maximum absolute atomic E-state index is 6.37. The van der Waals surface area contributed by atoms with E-state index in [9.17, 15) is 0 Å². The van der Waals surface area contributed by atoms with Crippen molar-refractivity contribution in [1.82, 2.24) is 15.1 Å². The van der Waals surface area contributed by atoms with Gasteiger partial charge in [0.1, 0.15) is 0 Å². The van der Waals surface area contributed by atoms with E-state index in [-0.39, 0.29) is 0 Å². The van der Waals surface area contributed by atoms with Gasteiger partial charge in [-0.05, 0) is 24.6 Å². The highest BCUT2D eigenvalue weighted by molar-refractivity contribution is 6.42. The van der Waals surface area contributed by atoms with Crippen LogP contribution >= 0.6 is 23.2 Å². The van der Waals surface area contributed by atoms with Crippen LogP contribution in [0.5, 0.6) is 0 Å². The molecule has 2 bridgehead atoms. The zero-order valence-electron chi connectivity index (χ0n) is 12.5. The van der Waals surface area contributed by atoms with Crippen molar-refractivity contribution in [2.45, 2.75) is 25.4 Å². The molecule has 3 aliphatic heterocycles. The molecule has 3 fully saturated rings. The number of nitrogens with one attached hydrogen (secondary N) is 1. The van der Waals surface area contributed by atoms with Crippen LogP contribution in [0.2, 0.25) is 10.0 Å². The Kier molecular flexibility index (Phi) is 5.07. The van der Waals surface area contributed by atoms with E-state index >= 15 is 0 Å². The van der Waals surface area contributed by atoms with Crippen LogP contribution in [0.15, 0.2) is 18.2 Å². The lowest BCUT2D eigenvalue weighted by atomic mass is 9.94. The SMILES string of the molecule is CCNC(Cc1cccc(Cl)c1Cl)C1CN2CCN1CC2. The number of halogens is 2. The average molecular weight is 328 g/mol. The maximum atomic E-state index is 6.37. The van der Waals surface area contributed by atoms with Gasteiger partial charge in [-0.1, -0.05) is 42.3 Å². The summed E-state index contributed by atoms with van der Waals surface area (Å²) >= 11 is 12.5.